The third kappa shape index (κ3) is 2.58. The van der Waals surface area contributed by atoms with Crippen molar-refractivity contribution >= 4 is 17.3 Å². The van der Waals surface area contributed by atoms with Crippen molar-refractivity contribution in [3.05, 3.63) is 23.8 Å². The van der Waals surface area contributed by atoms with Gasteiger partial charge < -0.3 is 16.4 Å². The van der Waals surface area contributed by atoms with Gasteiger partial charge in [-0.15, -0.1) is 0 Å². The lowest BCUT2D eigenvalue weighted by atomic mass is 10.0. The van der Waals surface area contributed by atoms with Gasteiger partial charge in [0.1, 0.15) is 0 Å². The van der Waals surface area contributed by atoms with Crippen LogP contribution in [0.25, 0.3) is 0 Å². The number of rotatable bonds is 4. The van der Waals surface area contributed by atoms with Crippen LogP contribution in [0.15, 0.2) is 18.2 Å². The van der Waals surface area contributed by atoms with Crippen LogP contribution >= 0.6 is 0 Å². The molecule has 4 heteroatoms. The van der Waals surface area contributed by atoms with Crippen molar-refractivity contribution in [2.75, 3.05) is 23.7 Å². The number of benzene rings is 1. The first-order valence-corrected chi connectivity index (χ1v) is 6.56. The maximum Gasteiger partial charge on any atom is 0.250 e. The number of carbonyl (C=O) groups excluding carboxylic acids is 1. The second-order valence-corrected chi connectivity index (χ2v) is 5.03. The summed E-state index contributed by atoms with van der Waals surface area (Å²) in [6.45, 7) is 4.22. The lowest BCUT2D eigenvalue weighted by Crippen LogP contribution is -2.24. The predicted octanol–water partition coefficient (Wildman–Crippen LogP) is 1.99. The normalized spacial score (nSPS) is 19.2. The number of hydrogen-bond acceptors (Lipinski definition) is 3. The van der Waals surface area contributed by atoms with Crippen molar-refractivity contribution in [3.63, 3.8) is 0 Å². The standard InChI is InChI=1S/C14H21N3O/c1-2-3-10-6-7-17(9-10)13-5-4-11(15)8-12(13)14(16)18/h4-5,8,10H,2-3,6-7,9,15H2,1H3,(H2,16,18). The highest BCUT2D eigenvalue weighted by Crippen LogP contribution is 2.30. The van der Waals surface area contributed by atoms with E-state index in [2.05, 4.69) is 11.8 Å². The minimum absolute atomic E-state index is 0.406. The van der Waals surface area contributed by atoms with Crippen LogP contribution in [-0.4, -0.2) is 19.0 Å². The van der Waals surface area contributed by atoms with Crippen LogP contribution in [0, 0.1) is 5.92 Å². The molecule has 1 unspecified atom stereocenters. The van der Waals surface area contributed by atoms with Crippen molar-refractivity contribution in [2.24, 2.45) is 11.7 Å². The minimum Gasteiger partial charge on any atom is -0.399 e. The largest absolute Gasteiger partial charge is 0.399 e. The molecule has 1 aromatic carbocycles. The Hall–Kier alpha value is -1.71. The van der Waals surface area contributed by atoms with Gasteiger partial charge in [-0.3, -0.25) is 4.79 Å². The maximum absolute atomic E-state index is 11.5. The summed E-state index contributed by atoms with van der Waals surface area (Å²) in [5.74, 6) is 0.324. The number of primary amides is 1. The molecule has 98 valence electrons. The Bertz CT molecular complexity index is 445. The molecule has 0 aliphatic carbocycles. The zero-order valence-electron chi connectivity index (χ0n) is 10.9. The average Bonchev–Trinajstić information content (AvgIpc) is 2.78. The lowest BCUT2D eigenvalue weighted by molar-refractivity contribution is 0.100. The Morgan fingerprint density at radius 2 is 2.28 bits per heavy atom. The van der Waals surface area contributed by atoms with E-state index in [0.29, 0.717) is 11.3 Å². The van der Waals surface area contributed by atoms with Gasteiger partial charge in [-0.2, -0.15) is 0 Å². The van der Waals surface area contributed by atoms with E-state index in [1.165, 1.54) is 19.3 Å². The number of amides is 1. The van der Waals surface area contributed by atoms with Gasteiger partial charge in [0, 0.05) is 24.5 Å². The third-order valence-electron chi connectivity index (χ3n) is 3.61. The summed E-state index contributed by atoms with van der Waals surface area (Å²) >= 11 is 0. The molecule has 4 N–H and O–H groups in total. The highest BCUT2D eigenvalue weighted by Gasteiger charge is 2.24. The van der Waals surface area contributed by atoms with Crippen molar-refractivity contribution in [1.29, 1.82) is 0 Å². The molecule has 1 aromatic rings. The number of nitrogens with zero attached hydrogens (tertiary/aromatic N) is 1. The van der Waals surface area contributed by atoms with Crippen LogP contribution in [-0.2, 0) is 0 Å². The Balaban J connectivity index is 2.21. The van der Waals surface area contributed by atoms with Crippen LogP contribution in [0.4, 0.5) is 11.4 Å². The second kappa shape index (κ2) is 5.29. The Kier molecular flexibility index (Phi) is 3.75. The number of hydrogen-bond donors (Lipinski definition) is 2. The highest BCUT2D eigenvalue weighted by molar-refractivity contribution is 5.99. The summed E-state index contributed by atoms with van der Waals surface area (Å²) in [7, 11) is 0. The molecular formula is C14H21N3O. The molecule has 1 saturated heterocycles. The van der Waals surface area contributed by atoms with Gasteiger partial charge in [0.05, 0.1) is 5.56 Å². The first-order valence-electron chi connectivity index (χ1n) is 6.56. The van der Waals surface area contributed by atoms with Gasteiger partial charge in [-0.25, -0.2) is 0 Å². The summed E-state index contributed by atoms with van der Waals surface area (Å²) in [6.07, 6.45) is 3.65. The summed E-state index contributed by atoms with van der Waals surface area (Å²) < 4.78 is 0. The molecule has 0 saturated carbocycles. The lowest BCUT2D eigenvalue weighted by Gasteiger charge is -2.21. The van der Waals surface area contributed by atoms with E-state index in [9.17, 15) is 4.79 Å². The van der Waals surface area contributed by atoms with Crippen LogP contribution < -0.4 is 16.4 Å². The number of anilines is 2. The van der Waals surface area contributed by atoms with E-state index in [0.717, 1.165) is 24.7 Å². The number of nitrogens with two attached hydrogens (primary N) is 2. The Morgan fingerprint density at radius 3 is 2.94 bits per heavy atom. The topological polar surface area (TPSA) is 72.3 Å². The van der Waals surface area contributed by atoms with E-state index in [-0.39, 0.29) is 0 Å². The maximum atomic E-state index is 11.5. The summed E-state index contributed by atoms with van der Waals surface area (Å²) in [4.78, 5) is 13.7. The number of nitrogen functional groups attached to an aromatic ring is 1. The summed E-state index contributed by atoms with van der Waals surface area (Å²) in [6, 6.07) is 5.41. The monoisotopic (exact) mass is 247 g/mol. The van der Waals surface area contributed by atoms with Gasteiger partial charge in [-0.1, -0.05) is 13.3 Å². The molecule has 0 radical (unpaired) electrons. The van der Waals surface area contributed by atoms with E-state index in [4.69, 9.17) is 11.5 Å². The van der Waals surface area contributed by atoms with Crippen molar-refractivity contribution in [1.82, 2.24) is 0 Å². The van der Waals surface area contributed by atoms with Crippen LogP contribution in [0.5, 0.6) is 0 Å². The molecule has 0 aromatic heterocycles. The van der Waals surface area contributed by atoms with Gasteiger partial charge in [0.15, 0.2) is 0 Å². The quantitative estimate of drug-likeness (QED) is 0.799. The van der Waals surface area contributed by atoms with Crippen molar-refractivity contribution in [2.45, 2.75) is 26.2 Å². The van der Waals surface area contributed by atoms with Crippen LogP contribution in [0.1, 0.15) is 36.5 Å². The van der Waals surface area contributed by atoms with Gasteiger partial charge >= 0.3 is 0 Å². The van der Waals surface area contributed by atoms with E-state index in [1.807, 2.05) is 12.1 Å². The summed E-state index contributed by atoms with van der Waals surface area (Å²) in [5.41, 5.74) is 13.2. The first kappa shape index (κ1) is 12.7. The SMILES string of the molecule is CCCC1CCN(c2ccc(N)cc2C(N)=O)C1. The van der Waals surface area contributed by atoms with Crippen LogP contribution in [0.3, 0.4) is 0 Å². The van der Waals surface area contributed by atoms with Crippen molar-refractivity contribution in [3.8, 4) is 0 Å². The fraction of sp³-hybridized carbons (Fsp3) is 0.500. The molecule has 1 aliphatic rings. The average molecular weight is 247 g/mol. The first-order chi connectivity index (χ1) is 8.61. The van der Waals surface area contributed by atoms with E-state index >= 15 is 0 Å². The van der Waals surface area contributed by atoms with Crippen molar-refractivity contribution < 1.29 is 4.79 Å². The number of carbonyl (C=O) groups is 1. The second-order valence-electron chi connectivity index (χ2n) is 5.03. The predicted molar refractivity (Wildman–Crippen MR) is 74.6 cm³/mol. The fourth-order valence-corrected chi connectivity index (χ4v) is 2.72. The minimum atomic E-state index is -0.406. The molecule has 1 aliphatic heterocycles. The fourth-order valence-electron chi connectivity index (χ4n) is 2.72. The summed E-state index contributed by atoms with van der Waals surface area (Å²) in [5, 5.41) is 0. The molecular weight excluding hydrogens is 226 g/mol. The van der Waals surface area contributed by atoms with E-state index < -0.39 is 5.91 Å². The van der Waals surface area contributed by atoms with E-state index in [1.54, 1.807) is 6.07 Å². The van der Waals surface area contributed by atoms with Crippen LogP contribution in [0.2, 0.25) is 0 Å². The molecule has 1 atom stereocenters. The van der Waals surface area contributed by atoms with Gasteiger partial charge in [0.2, 0.25) is 0 Å². The molecule has 2 rings (SSSR count). The third-order valence-corrected chi connectivity index (χ3v) is 3.61. The molecule has 18 heavy (non-hydrogen) atoms. The molecule has 1 fully saturated rings. The molecule has 4 nitrogen and oxygen atoms in total. The molecule has 1 heterocycles. The zero-order chi connectivity index (χ0) is 13.1. The molecule has 1 amide bonds. The Labute approximate surface area is 108 Å². The molecule has 0 bridgehead atoms. The van der Waals surface area contributed by atoms with Gasteiger partial charge in [-0.05, 0) is 37.0 Å². The van der Waals surface area contributed by atoms with Gasteiger partial charge in [0.25, 0.3) is 5.91 Å². The zero-order valence-corrected chi connectivity index (χ0v) is 10.9. The smallest absolute Gasteiger partial charge is 0.250 e. The molecule has 0 spiro atoms. The Morgan fingerprint density at radius 1 is 1.50 bits per heavy atom. The highest BCUT2D eigenvalue weighted by atomic mass is 16.1.